The lowest BCUT2D eigenvalue weighted by Gasteiger charge is -2.26. The molecule has 1 aromatic carbocycles. The van der Waals surface area contributed by atoms with Crippen LogP contribution in [0.1, 0.15) is 30.6 Å². The third kappa shape index (κ3) is 2.52. The Bertz CT molecular complexity index is 560. The van der Waals surface area contributed by atoms with Crippen LogP contribution in [0.4, 0.5) is 0 Å². The second-order valence-electron chi connectivity index (χ2n) is 4.65. The van der Waals surface area contributed by atoms with Gasteiger partial charge in [-0.25, -0.2) is 0 Å². The van der Waals surface area contributed by atoms with E-state index < -0.39 is 0 Å². The Hall–Kier alpha value is -1.06. The lowest BCUT2D eigenvalue weighted by Crippen LogP contribution is -2.47. The fraction of sp³-hybridized carbons (Fsp3) is 0.357. The number of nitrogens with one attached hydrogen (secondary N) is 1. The van der Waals surface area contributed by atoms with E-state index >= 15 is 0 Å². The van der Waals surface area contributed by atoms with Gasteiger partial charge in [-0.05, 0) is 19.4 Å². The smallest absolute Gasteiger partial charge is 0.253 e. The van der Waals surface area contributed by atoms with Crippen LogP contribution >= 0.6 is 22.9 Å². The van der Waals surface area contributed by atoms with Gasteiger partial charge >= 0.3 is 0 Å². The molecule has 1 aromatic heterocycles. The molecule has 2 rings (SSSR count). The molecule has 0 aliphatic rings. The zero-order valence-electron chi connectivity index (χ0n) is 10.5. The molecule has 1 amide bonds. The highest BCUT2D eigenvalue weighted by molar-refractivity contribution is 7.17. The van der Waals surface area contributed by atoms with Crippen molar-refractivity contribution in [1.29, 1.82) is 0 Å². The van der Waals surface area contributed by atoms with E-state index in [0.717, 1.165) is 22.1 Å². The summed E-state index contributed by atoms with van der Waals surface area (Å²) in [4.78, 5) is 12.3. The van der Waals surface area contributed by atoms with Crippen molar-refractivity contribution in [2.45, 2.75) is 25.8 Å². The number of rotatable bonds is 4. The zero-order valence-corrected chi connectivity index (χ0v) is 12.1. The minimum Gasteiger partial charge on any atom is -0.346 e. The Morgan fingerprint density at radius 3 is 2.83 bits per heavy atom. The predicted octanol–water partition coefficient (Wildman–Crippen LogP) is 4.04. The van der Waals surface area contributed by atoms with Crippen molar-refractivity contribution >= 4 is 38.9 Å². The van der Waals surface area contributed by atoms with Crippen LogP contribution in [0.15, 0.2) is 29.6 Å². The fourth-order valence-electron chi connectivity index (χ4n) is 1.71. The first-order valence-corrected chi connectivity index (χ1v) is 7.36. The zero-order chi connectivity index (χ0) is 13.2. The van der Waals surface area contributed by atoms with Crippen LogP contribution in [0.3, 0.4) is 0 Å². The first-order chi connectivity index (χ1) is 8.59. The Morgan fingerprint density at radius 2 is 2.17 bits per heavy atom. The van der Waals surface area contributed by atoms with Gasteiger partial charge in [-0.3, -0.25) is 4.79 Å². The van der Waals surface area contributed by atoms with Gasteiger partial charge in [0, 0.05) is 21.3 Å². The molecule has 1 unspecified atom stereocenters. The van der Waals surface area contributed by atoms with E-state index in [-0.39, 0.29) is 11.4 Å². The third-order valence-corrected chi connectivity index (χ3v) is 4.77. The number of hydrogen-bond donors (Lipinski definition) is 1. The predicted molar refractivity (Wildman–Crippen MR) is 78.7 cm³/mol. The number of fused-ring (bicyclic) bond motifs is 1. The average molecular weight is 282 g/mol. The van der Waals surface area contributed by atoms with Crippen molar-refractivity contribution in [1.82, 2.24) is 5.32 Å². The summed E-state index contributed by atoms with van der Waals surface area (Å²) in [5.74, 6) is 0.370. The number of carbonyl (C=O) groups is 1. The molecule has 0 aliphatic carbocycles. The van der Waals surface area contributed by atoms with E-state index in [1.54, 1.807) is 11.3 Å². The number of carbonyl (C=O) groups excluding carboxylic acids is 1. The SMILES string of the molecule is CCC(C)(CCl)NC(=O)c1csc2ccccc12. The second-order valence-corrected chi connectivity index (χ2v) is 5.83. The molecule has 0 radical (unpaired) electrons. The number of hydrogen-bond acceptors (Lipinski definition) is 2. The normalized spacial score (nSPS) is 14.4. The molecule has 2 nitrogen and oxygen atoms in total. The van der Waals surface area contributed by atoms with Gasteiger partial charge in [-0.15, -0.1) is 22.9 Å². The largest absolute Gasteiger partial charge is 0.346 e. The number of amides is 1. The summed E-state index contributed by atoms with van der Waals surface area (Å²) in [6, 6.07) is 7.93. The highest BCUT2D eigenvalue weighted by Gasteiger charge is 2.24. The topological polar surface area (TPSA) is 29.1 Å². The Balaban J connectivity index is 2.29. The van der Waals surface area contributed by atoms with Gasteiger partial charge in [0.25, 0.3) is 5.91 Å². The van der Waals surface area contributed by atoms with E-state index in [0.29, 0.717) is 5.88 Å². The summed E-state index contributed by atoms with van der Waals surface area (Å²) in [6.07, 6.45) is 0.810. The fourth-order valence-corrected chi connectivity index (χ4v) is 2.91. The molecule has 1 heterocycles. The molecule has 0 aliphatic heterocycles. The number of halogens is 1. The molecule has 4 heteroatoms. The summed E-state index contributed by atoms with van der Waals surface area (Å²) in [6.45, 7) is 3.99. The molecular formula is C14H16ClNOS. The average Bonchev–Trinajstić information content (AvgIpc) is 2.82. The Labute approximate surface area is 116 Å². The van der Waals surface area contributed by atoms with Gasteiger partial charge < -0.3 is 5.32 Å². The summed E-state index contributed by atoms with van der Waals surface area (Å²) < 4.78 is 1.13. The summed E-state index contributed by atoms with van der Waals surface area (Å²) in [7, 11) is 0. The lowest BCUT2D eigenvalue weighted by atomic mass is 10.0. The molecule has 2 aromatic rings. The lowest BCUT2D eigenvalue weighted by molar-refractivity contribution is 0.0914. The van der Waals surface area contributed by atoms with Gasteiger partial charge in [0.15, 0.2) is 0 Å². The minimum absolute atomic E-state index is 0.0440. The van der Waals surface area contributed by atoms with Crippen molar-refractivity contribution in [3.63, 3.8) is 0 Å². The van der Waals surface area contributed by atoms with E-state index in [4.69, 9.17) is 11.6 Å². The van der Waals surface area contributed by atoms with Gasteiger partial charge in [0.2, 0.25) is 0 Å². The maximum absolute atomic E-state index is 12.3. The van der Waals surface area contributed by atoms with Crippen molar-refractivity contribution in [3.8, 4) is 0 Å². The first kappa shape index (κ1) is 13.4. The number of alkyl halides is 1. The highest BCUT2D eigenvalue weighted by atomic mass is 35.5. The van der Waals surface area contributed by atoms with Crippen LogP contribution in [0.5, 0.6) is 0 Å². The molecule has 18 heavy (non-hydrogen) atoms. The molecule has 0 bridgehead atoms. The molecule has 0 saturated carbocycles. The maximum Gasteiger partial charge on any atom is 0.253 e. The van der Waals surface area contributed by atoms with Crippen LogP contribution in [0.2, 0.25) is 0 Å². The molecule has 0 spiro atoms. The Kier molecular flexibility index (Phi) is 3.93. The van der Waals surface area contributed by atoms with Crippen molar-refractivity contribution < 1.29 is 4.79 Å². The molecule has 0 fully saturated rings. The van der Waals surface area contributed by atoms with Crippen LogP contribution in [-0.4, -0.2) is 17.3 Å². The van der Waals surface area contributed by atoms with Gasteiger partial charge in [-0.2, -0.15) is 0 Å². The molecule has 1 atom stereocenters. The summed E-state index contributed by atoms with van der Waals surface area (Å²) in [5.41, 5.74) is 0.391. The van der Waals surface area contributed by atoms with Crippen molar-refractivity contribution in [2.75, 3.05) is 5.88 Å². The number of thiophene rings is 1. The maximum atomic E-state index is 12.3. The second kappa shape index (κ2) is 5.29. The van der Waals surface area contributed by atoms with E-state index in [9.17, 15) is 4.79 Å². The Morgan fingerprint density at radius 1 is 1.44 bits per heavy atom. The van der Waals surface area contributed by atoms with Crippen molar-refractivity contribution in [2.24, 2.45) is 0 Å². The van der Waals surface area contributed by atoms with Gasteiger partial charge in [0.1, 0.15) is 0 Å². The van der Waals surface area contributed by atoms with Crippen LogP contribution < -0.4 is 5.32 Å². The minimum atomic E-state index is -0.346. The monoisotopic (exact) mass is 281 g/mol. The van der Waals surface area contributed by atoms with Gasteiger partial charge in [0.05, 0.1) is 11.1 Å². The molecule has 0 saturated heterocycles. The summed E-state index contributed by atoms with van der Waals surface area (Å²) >= 11 is 7.51. The quantitative estimate of drug-likeness (QED) is 0.842. The van der Waals surface area contributed by atoms with E-state index in [1.165, 1.54) is 0 Å². The van der Waals surface area contributed by atoms with Crippen molar-refractivity contribution in [3.05, 3.63) is 35.2 Å². The van der Waals surface area contributed by atoms with Crippen LogP contribution in [0.25, 0.3) is 10.1 Å². The van der Waals surface area contributed by atoms with Crippen LogP contribution in [0, 0.1) is 0 Å². The molecule has 1 N–H and O–H groups in total. The highest BCUT2D eigenvalue weighted by Crippen LogP contribution is 2.26. The first-order valence-electron chi connectivity index (χ1n) is 5.94. The van der Waals surface area contributed by atoms with Crippen LogP contribution in [-0.2, 0) is 0 Å². The molecule has 96 valence electrons. The van der Waals surface area contributed by atoms with Gasteiger partial charge in [-0.1, -0.05) is 25.1 Å². The number of benzene rings is 1. The standard InChI is InChI=1S/C14H16ClNOS/c1-3-14(2,9-15)16-13(17)11-8-18-12-7-5-4-6-10(11)12/h4-8H,3,9H2,1-2H3,(H,16,17). The molecular weight excluding hydrogens is 266 g/mol. The van der Waals surface area contributed by atoms with E-state index in [1.807, 2.05) is 43.5 Å². The third-order valence-electron chi connectivity index (χ3n) is 3.22. The summed E-state index contributed by atoms with van der Waals surface area (Å²) in [5, 5.41) is 5.94. The van der Waals surface area contributed by atoms with E-state index in [2.05, 4.69) is 5.32 Å².